The first kappa shape index (κ1) is 11.6. The van der Waals surface area contributed by atoms with Gasteiger partial charge in [0.25, 0.3) is 0 Å². The van der Waals surface area contributed by atoms with Crippen LogP contribution in [0.1, 0.15) is 15.9 Å². The Balaban J connectivity index is 2.40. The SMILES string of the molecule is CNc1ncccc1C(=O)c1ccc(Cl)cc1. The van der Waals surface area contributed by atoms with Crippen LogP contribution in [0.2, 0.25) is 5.02 Å². The number of pyridine rings is 1. The number of hydrogen-bond donors (Lipinski definition) is 1. The fourth-order valence-corrected chi connectivity index (χ4v) is 1.67. The molecule has 3 nitrogen and oxygen atoms in total. The van der Waals surface area contributed by atoms with Gasteiger partial charge in [-0.3, -0.25) is 4.79 Å². The lowest BCUT2D eigenvalue weighted by Gasteiger charge is -2.06. The molecule has 0 amide bonds. The number of ketones is 1. The first-order valence-corrected chi connectivity index (χ1v) is 5.53. The van der Waals surface area contributed by atoms with Crippen LogP contribution >= 0.6 is 11.6 Å². The van der Waals surface area contributed by atoms with Crippen LogP contribution in [-0.2, 0) is 0 Å². The Morgan fingerprint density at radius 2 is 1.94 bits per heavy atom. The fraction of sp³-hybridized carbons (Fsp3) is 0.0769. The van der Waals surface area contributed by atoms with Crippen LogP contribution in [0.3, 0.4) is 0 Å². The van der Waals surface area contributed by atoms with Crippen molar-refractivity contribution in [1.29, 1.82) is 0 Å². The molecule has 86 valence electrons. The molecule has 0 saturated carbocycles. The Labute approximate surface area is 104 Å². The number of anilines is 1. The van der Waals surface area contributed by atoms with Gasteiger partial charge in [0, 0.05) is 23.8 Å². The van der Waals surface area contributed by atoms with Crippen molar-refractivity contribution >= 4 is 23.2 Å². The Kier molecular flexibility index (Phi) is 3.40. The minimum absolute atomic E-state index is 0.0703. The highest BCUT2D eigenvalue weighted by atomic mass is 35.5. The van der Waals surface area contributed by atoms with Gasteiger partial charge in [-0.1, -0.05) is 11.6 Å². The second-order valence-electron chi connectivity index (χ2n) is 3.49. The molecule has 1 N–H and O–H groups in total. The van der Waals surface area contributed by atoms with Crippen molar-refractivity contribution in [1.82, 2.24) is 4.98 Å². The van der Waals surface area contributed by atoms with E-state index in [1.54, 1.807) is 49.6 Å². The van der Waals surface area contributed by atoms with E-state index in [1.165, 1.54) is 0 Å². The number of nitrogens with zero attached hydrogens (tertiary/aromatic N) is 1. The number of aromatic nitrogens is 1. The molecule has 2 aromatic rings. The number of carbonyl (C=O) groups is 1. The molecule has 1 aromatic carbocycles. The number of halogens is 1. The van der Waals surface area contributed by atoms with Gasteiger partial charge in [-0.2, -0.15) is 0 Å². The van der Waals surface area contributed by atoms with Gasteiger partial charge < -0.3 is 5.32 Å². The van der Waals surface area contributed by atoms with Crippen molar-refractivity contribution in [2.24, 2.45) is 0 Å². The molecule has 0 spiro atoms. The van der Waals surface area contributed by atoms with Crippen LogP contribution in [0.25, 0.3) is 0 Å². The molecule has 0 aliphatic carbocycles. The summed E-state index contributed by atoms with van der Waals surface area (Å²) in [6.07, 6.45) is 1.64. The Hall–Kier alpha value is -1.87. The summed E-state index contributed by atoms with van der Waals surface area (Å²) >= 11 is 5.78. The van der Waals surface area contributed by atoms with Crippen molar-refractivity contribution in [2.45, 2.75) is 0 Å². The molecule has 0 radical (unpaired) electrons. The van der Waals surface area contributed by atoms with E-state index < -0.39 is 0 Å². The molecule has 0 unspecified atom stereocenters. The molecule has 0 atom stereocenters. The van der Waals surface area contributed by atoms with Gasteiger partial charge in [-0.05, 0) is 36.4 Å². The number of hydrogen-bond acceptors (Lipinski definition) is 3. The van der Waals surface area contributed by atoms with Crippen LogP contribution in [0.15, 0.2) is 42.6 Å². The first-order chi connectivity index (χ1) is 8.22. The van der Waals surface area contributed by atoms with Crippen LogP contribution in [-0.4, -0.2) is 17.8 Å². The molecule has 1 heterocycles. The zero-order chi connectivity index (χ0) is 12.3. The second-order valence-corrected chi connectivity index (χ2v) is 3.92. The largest absolute Gasteiger partial charge is 0.373 e. The molecule has 0 aliphatic heterocycles. The summed E-state index contributed by atoms with van der Waals surface area (Å²) in [5.74, 6) is 0.506. The standard InChI is InChI=1S/C13H11ClN2O/c1-15-13-11(3-2-8-16-13)12(17)9-4-6-10(14)7-5-9/h2-8H,1H3,(H,15,16). The summed E-state index contributed by atoms with van der Waals surface area (Å²) in [7, 11) is 1.74. The number of nitrogens with one attached hydrogen (secondary N) is 1. The number of benzene rings is 1. The smallest absolute Gasteiger partial charge is 0.196 e. The predicted molar refractivity (Wildman–Crippen MR) is 68.7 cm³/mol. The second kappa shape index (κ2) is 4.97. The Bertz CT molecular complexity index is 537. The first-order valence-electron chi connectivity index (χ1n) is 5.15. The van der Waals surface area contributed by atoms with Gasteiger partial charge in [0.05, 0.1) is 5.56 Å². The van der Waals surface area contributed by atoms with Gasteiger partial charge >= 0.3 is 0 Å². The van der Waals surface area contributed by atoms with Gasteiger partial charge in [-0.15, -0.1) is 0 Å². The third-order valence-electron chi connectivity index (χ3n) is 2.40. The van der Waals surface area contributed by atoms with Crippen LogP contribution < -0.4 is 5.32 Å². The third-order valence-corrected chi connectivity index (χ3v) is 2.65. The molecule has 0 saturated heterocycles. The molecule has 4 heteroatoms. The molecule has 0 bridgehead atoms. The Morgan fingerprint density at radius 3 is 2.59 bits per heavy atom. The van der Waals surface area contributed by atoms with E-state index in [0.717, 1.165) is 0 Å². The normalized spacial score (nSPS) is 10.0. The zero-order valence-corrected chi connectivity index (χ0v) is 10.0. The van der Waals surface area contributed by atoms with Gasteiger partial charge in [0.15, 0.2) is 5.78 Å². The summed E-state index contributed by atoms with van der Waals surface area (Å²) < 4.78 is 0. The third kappa shape index (κ3) is 2.45. The lowest BCUT2D eigenvalue weighted by molar-refractivity contribution is 0.103. The minimum atomic E-state index is -0.0703. The van der Waals surface area contributed by atoms with Crippen LogP contribution in [0, 0.1) is 0 Å². The van der Waals surface area contributed by atoms with Crippen molar-refractivity contribution in [3.8, 4) is 0 Å². The summed E-state index contributed by atoms with van der Waals surface area (Å²) in [5.41, 5.74) is 1.15. The maximum absolute atomic E-state index is 12.2. The number of carbonyl (C=O) groups excluding carboxylic acids is 1. The fourth-order valence-electron chi connectivity index (χ4n) is 1.54. The monoisotopic (exact) mass is 246 g/mol. The molecule has 0 fully saturated rings. The van der Waals surface area contributed by atoms with Crippen molar-refractivity contribution in [3.05, 3.63) is 58.7 Å². The van der Waals surface area contributed by atoms with E-state index in [-0.39, 0.29) is 5.78 Å². The van der Waals surface area contributed by atoms with E-state index >= 15 is 0 Å². The van der Waals surface area contributed by atoms with E-state index in [0.29, 0.717) is 22.0 Å². The highest BCUT2D eigenvalue weighted by Crippen LogP contribution is 2.17. The summed E-state index contributed by atoms with van der Waals surface area (Å²) in [6, 6.07) is 10.3. The summed E-state index contributed by atoms with van der Waals surface area (Å²) in [6.45, 7) is 0. The highest BCUT2D eigenvalue weighted by Gasteiger charge is 2.13. The predicted octanol–water partition coefficient (Wildman–Crippen LogP) is 3.01. The van der Waals surface area contributed by atoms with Crippen molar-refractivity contribution in [3.63, 3.8) is 0 Å². The number of rotatable bonds is 3. The summed E-state index contributed by atoms with van der Waals surface area (Å²) in [4.78, 5) is 16.3. The lowest BCUT2D eigenvalue weighted by atomic mass is 10.0. The minimum Gasteiger partial charge on any atom is -0.373 e. The average molecular weight is 247 g/mol. The van der Waals surface area contributed by atoms with Gasteiger partial charge in [-0.25, -0.2) is 4.98 Å². The highest BCUT2D eigenvalue weighted by molar-refractivity contribution is 6.30. The van der Waals surface area contributed by atoms with Gasteiger partial charge in [0.2, 0.25) is 0 Å². The topological polar surface area (TPSA) is 42.0 Å². The maximum Gasteiger partial charge on any atom is 0.196 e. The van der Waals surface area contributed by atoms with E-state index in [2.05, 4.69) is 10.3 Å². The zero-order valence-electron chi connectivity index (χ0n) is 9.27. The Morgan fingerprint density at radius 1 is 1.24 bits per heavy atom. The average Bonchev–Trinajstić information content (AvgIpc) is 2.39. The molecule has 0 aliphatic rings. The molecule has 1 aromatic heterocycles. The lowest BCUT2D eigenvalue weighted by Crippen LogP contribution is -2.06. The van der Waals surface area contributed by atoms with E-state index in [9.17, 15) is 4.79 Å². The van der Waals surface area contributed by atoms with Crippen LogP contribution in [0.5, 0.6) is 0 Å². The quantitative estimate of drug-likeness (QED) is 0.847. The van der Waals surface area contributed by atoms with Gasteiger partial charge in [0.1, 0.15) is 5.82 Å². The summed E-state index contributed by atoms with van der Waals surface area (Å²) in [5, 5.41) is 3.51. The maximum atomic E-state index is 12.2. The van der Waals surface area contributed by atoms with Crippen LogP contribution in [0.4, 0.5) is 5.82 Å². The molecule has 17 heavy (non-hydrogen) atoms. The molecular formula is C13H11ClN2O. The van der Waals surface area contributed by atoms with E-state index in [4.69, 9.17) is 11.6 Å². The van der Waals surface area contributed by atoms with E-state index in [1.807, 2.05) is 0 Å². The van der Waals surface area contributed by atoms with Crippen molar-refractivity contribution < 1.29 is 4.79 Å². The molecule has 2 rings (SSSR count). The molecular weight excluding hydrogens is 236 g/mol. The van der Waals surface area contributed by atoms with Crippen molar-refractivity contribution in [2.75, 3.05) is 12.4 Å².